The lowest BCUT2D eigenvalue weighted by atomic mass is 10.2. The van der Waals surface area contributed by atoms with Crippen molar-refractivity contribution in [2.45, 2.75) is 4.90 Å². The van der Waals surface area contributed by atoms with E-state index in [1.54, 1.807) is 0 Å². The topological polar surface area (TPSA) is 102 Å². The van der Waals surface area contributed by atoms with Crippen LogP contribution in [-0.4, -0.2) is 57.5 Å². The molecule has 2 aromatic carbocycles. The lowest BCUT2D eigenvalue weighted by Gasteiger charge is -2.26. The molecule has 30 heavy (non-hydrogen) atoms. The Morgan fingerprint density at radius 2 is 1.70 bits per heavy atom. The van der Waals surface area contributed by atoms with Gasteiger partial charge in [0, 0.05) is 18.8 Å². The van der Waals surface area contributed by atoms with E-state index in [4.69, 9.17) is 4.74 Å². The minimum Gasteiger partial charge on any atom is -0.452 e. The zero-order chi connectivity index (χ0) is 21.7. The fourth-order valence-corrected chi connectivity index (χ4v) is 4.22. The van der Waals surface area contributed by atoms with E-state index >= 15 is 0 Å². The van der Waals surface area contributed by atoms with Gasteiger partial charge in [-0.3, -0.25) is 4.79 Å². The van der Waals surface area contributed by atoms with Crippen molar-refractivity contribution in [1.82, 2.24) is 4.31 Å². The van der Waals surface area contributed by atoms with Crippen LogP contribution in [-0.2, 0) is 24.3 Å². The van der Waals surface area contributed by atoms with Crippen LogP contribution in [0.2, 0.25) is 0 Å². The number of rotatable bonds is 6. The lowest BCUT2D eigenvalue weighted by Crippen LogP contribution is -2.40. The third-order valence-electron chi connectivity index (χ3n) is 4.23. The second-order valence-corrected chi connectivity index (χ2v) is 8.20. The molecule has 11 heteroatoms. The van der Waals surface area contributed by atoms with Crippen LogP contribution >= 0.6 is 0 Å². The van der Waals surface area contributed by atoms with Gasteiger partial charge in [0.15, 0.2) is 6.61 Å². The number of hydrogen-bond donors (Lipinski definition) is 1. The highest BCUT2D eigenvalue weighted by atomic mass is 32.2. The average molecular weight is 440 g/mol. The number of morpholine rings is 1. The number of carbonyl (C=O) groups excluding carboxylic acids is 2. The Balaban J connectivity index is 1.63. The van der Waals surface area contributed by atoms with Crippen molar-refractivity contribution in [3.05, 3.63) is 59.7 Å². The maximum atomic E-state index is 13.6. The number of hydrogen-bond acceptors (Lipinski definition) is 6. The van der Waals surface area contributed by atoms with Gasteiger partial charge in [0.1, 0.15) is 17.2 Å². The molecule has 160 valence electrons. The maximum Gasteiger partial charge on any atom is 0.344 e. The molecule has 0 radical (unpaired) electrons. The Bertz CT molecular complexity index is 1030. The summed E-state index contributed by atoms with van der Waals surface area (Å²) in [5.74, 6) is -4.35. The smallest absolute Gasteiger partial charge is 0.344 e. The van der Waals surface area contributed by atoms with Crippen LogP contribution in [0.3, 0.4) is 0 Å². The van der Waals surface area contributed by atoms with Crippen molar-refractivity contribution in [2.75, 3.05) is 38.2 Å². The molecule has 3 rings (SSSR count). The van der Waals surface area contributed by atoms with E-state index in [9.17, 15) is 26.8 Å². The monoisotopic (exact) mass is 440 g/mol. The first-order valence-corrected chi connectivity index (χ1v) is 10.3. The molecule has 0 saturated carbocycles. The van der Waals surface area contributed by atoms with Crippen molar-refractivity contribution in [3.8, 4) is 0 Å². The fraction of sp³-hybridized carbons (Fsp3) is 0.263. The van der Waals surface area contributed by atoms with Gasteiger partial charge in [-0.25, -0.2) is 22.0 Å². The van der Waals surface area contributed by atoms with E-state index in [1.807, 2.05) is 0 Å². The van der Waals surface area contributed by atoms with Gasteiger partial charge in [0.25, 0.3) is 5.91 Å². The summed E-state index contributed by atoms with van der Waals surface area (Å²) >= 11 is 0. The molecular formula is C19H18F2N2O6S. The molecular weight excluding hydrogens is 422 g/mol. The molecule has 0 aliphatic carbocycles. The third kappa shape index (κ3) is 4.99. The van der Waals surface area contributed by atoms with E-state index in [-0.39, 0.29) is 23.7 Å². The standard InChI is InChI=1S/C19H18F2N2O6S/c20-15-5-2-6-16(21)18(15)19(25)29-12-17(24)22-13-3-1-4-14(11-13)30(26,27)23-7-9-28-10-8-23/h1-6,11H,7-10,12H2,(H,22,24). The first kappa shape index (κ1) is 21.8. The summed E-state index contributed by atoms with van der Waals surface area (Å²) in [5, 5.41) is 2.38. The summed E-state index contributed by atoms with van der Waals surface area (Å²) in [6.07, 6.45) is 0. The number of esters is 1. The molecule has 1 heterocycles. The SMILES string of the molecule is O=C(COC(=O)c1c(F)cccc1F)Nc1cccc(S(=O)(=O)N2CCOCC2)c1. The van der Waals surface area contributed by atoms with Crippen molar-refractivity contribution >= 4 is 27.6 Å². The quantitative estimate of drug-likeness (QED) is 0.687. The summed E-state index contributed by atoms with van der Waals surface area (Å²) < 4.78 is 63.6. The molecule has 8 nitrogen and oxygen atoms in total. The number of ether oxygens (including phenoxy) is 2. The Morgan fingerprint density at radius 1 is 1.07 bits per heavy atom. The van der Waals surface area contributed by atoms with Crippen LogP contribution in [0.25, 0.3) is 0 Å². The van der Waals surface area contributed by atoms with E-state index in [0.29, 0.717) is 13.2 Å². The van der Waals surface area contributed by atoms with Crippen LogP contribution in [0.4, 0.5) is 14.5 Å². The minimum atomic E-state index is -3.76. The molecule has 0 unspecified atom stereocenters. The largest absolute Gasteiger partial charge is 0.452 e. The second-order valence-electron chi connectivity index (χ2n) is 6.27. The van der Waals surface area contributed by atoms with E-state index in [0.717, 1.165) is 18.2 Å². The molecule has 1 aliphatic rings. The Labute approximate surface area is 171 Å². The summed E-state index contributed by atoms with van der Waals surface area (Å²) in [6, 6.07) is 8.42. The Morgan fingerprint density at radius 3 is 2.37 bits per heavy atom. The predicted molar refractivity (Wildman–Crippen MR) is 101 cm³/mol. The number of carbonyl (C=O) groups is 2. The number of halogens is 2. The van der Waals surface area contributed by atoms with Crippen LogP contribution in [0.1, 0.15) is 10.4 Å². The normalized spacial score (nSPS) is 14.9. The van der Waals surface area contributed by atoms with Crippen molar-refractivity contribution in [1.29, 1.82) is 0 Å². The fourth-order valence-electron chi connectivity index (χ4n) is 2.76. The van der Waals surface area contributed by atoms with Crippen molar-refractivity contribution in [3.63, 3.8) is 0 Å². The van der Waals surface area contributed by atoms with Gasteiger partial charge in [-0.1, -0.05) is 12.1 Å². The zero-order valence-corrected chi connectivity index (χ0v) is 16.5. The number of benzene rings is 2. The molecule has 0 atom stereocenters. The van der Waals surface area contributed by atoms with E-state index < -0.39 is 45.7 Å². The van der Waals surface area contributed by atoms with Gasteiger partial charge in [0.05, 0.1) is 18.1 Å². The van der Waals surface area contributed by atoms with Crippen molar-refractivity contribution in [2.24, 2.45) is 0 Å². The zero-order valence-electron chi connectivity index (χ0n) is 15.6. The van der Waals surface area contributed by atoms with Gasteiger partial charge in [-0.05, 0) is 30.3 Å². The predicted octanol–water partition coefficient (Wildman–Crippen LogP) is 1.78. The lowest BCUT2D eigenvalue weighted by molar-refractivity contribution is -0.119. The minimum absolute atomic E-state index is 0.0207. The third-order valence-corrected chi connectivity index (χ3v) is 6.12. The highest BCUT2D eigenvalue weighted by molar-refractivity contribution is 7.89. The van der Waals surface area contributed by atoms with E-state index in [2.05, 4.69) is 10.1 Å². The number of anilines is 1. The molecule has 0 aromatic heterocycles. The first-order chi connectivity index (χ1) is 14.3. The summed E-state index contributed by atoms with van der Waals surface area (Å²) in [5.41, 5.74) is -0.744. The molecule has 1 aliphatic heterocycles. The number of nitrogens with one attached hydrogen (secondary N) is 1. The van der Waals surface area contributed by atoms with Gasteiger partial charge in [-0.15, -0.1) is 0 Å². The number of nitrogens with zero attached hydrogens (tertiary/aromatic N) is 1. The van der Waals surface area contributed by atoms with Crippen LogP contribution < -0.4 is 5.32 Å². The molecule has 2 aromatic rings. The van der Waals surface area contributed by atoms with E-state index in [1.165, 1.54) is 28.6 Å². The first-order valence-electron chi connectivity index (χ1n) is 8.88. The van der Waals surface area contributed by atoms with Gasteiger partial charge < -0.3 is 14.8 Å². The van der Waals surface area contributed by atoms with Crippen LogP contribution in [0, 0.1) is 11.6 Å². The second kappa shape index (κ2) is 9.28. The summed E-state index contributed by atoms with van der Waals surface area (Å²) in [4.78, 5) is 23.8. The maximum absolute atomic E-state index is 13.6. The number of sulfonamides is 1. The molecule has 1 N–H and O–H groups in total. The molecule has 1 saturated heterocycles. The van der Waals surface area contributed by atoms with Gasteiger partial charge in [0.2, 0.25) is 10.0 Å². The number of amides is 1. The highest BCUT2D eigenvalue weighted by Gasteiger charge is 2.26. The molecule has 1 fully saturated rings. The highest BCUT2D eigenvalue weighted by Crippen LogP contribution is 2.20. The Hall–Kier alpha value is -2.89. The van der Waals surface area contributed by atoms with Gasteiger partial charge >= 0.3 is 5.97 Å². The van der Waals surface area contributed by atoms with Gasteiger partial charge in [-0.2, -0.15) is 4.31 Å². The van der Waals surface area contributed by atoms with Crippen LogP contribution in [0.5, 0.6) is 0 Å². The Kier molecular flexibility index (Phi) is 6.75. The van der Waals surface area contributed by atoms with Crippen molar-refractivity contribution < 1.29 is 36.3 Å². The summed E-state index contributed by atoms with van der Waals surface area (Å²) in [6.45, 7) is 0.225. The summed E-state index contributed by atoms with van der Waals surface area (Å²) in [7, 11) is -3.76. The molecule has 0 spiro atoms. The molecule has 1 amide bonds. The average Bonchev–Trinajstić information content (AvgIpc) is 2.73. The molecule has 0 bridgehead atoms. The van der Waals surface area contributed by atoms with Crippen LogP contribution in [0.15, 0.2) is 47.4 Å².